The third kappa shape index (κ3) is 3.95. The van der Waals surface area contributed by atoms with Crippen LogP contribution >= 0.6 is 0 Å². The van der Waals surface area contributed by atoms with Crippen molar-refractivity contribution in [2.24, 2.45) is 0 Å². The number of carboxylic acids is 1. The van der Waals surface area contributed by atoms with E-state index >= 15 is 0 Å². The Morgan fingerprint density at radius 3 is 1.64 bits per heavy atom. The highest BCUT2D eigenvalue weighted by Gasteiger charge is 2.39. The second-order valence-corrected chi connectivity index (χ2v) is 5.39. The first kappa shape index (κ1) is 15.8. The molecule has 0 saturated carbocycles. The molecule has 2 aromatic rings. The first-order chi connectivity index (χ1) is 10.5. The summed E-state index contributed by atoms with van der Waals surface area (Å²) in [6.07, 6.45) is 0.468. The van der Waals surface area contributed by atoms with Crippen LogP contribution in [0.1, 0.15) is 18.1 Å². The third-order valence-corrected chi connectivity index (χ3v) is 3.52. The molecule has 0 heterocycles. The summed E-state index contributed by atoms with van der Waals surface area (Å²) in [5.41, 5.74) is 0.387. The van der Waals surface area contributed by atoms with Crippen LogP contribution in [-0.2, 0) is 22.4 Å². The lowest BCUT2D eigenvalue weighted by Gasteiger charge is -2.30. The molecule has 2 N–H and O–H groups in total. The maximum absolute atomic E-state index is 12.0. The van der Waals surface area contributed by atoms with Crippen molar-refractivity contribution in [3.8, 4) is 0 Å². The van der Waals surface area contributed by atoms with Crippen molar-refractivity contribution in [3.05, 3.63) is 71.8 Å². The van der Waals surface area contributed by atoms with Crippen LogP contribution in [0.4, 0.5) is 0 Å². The smallest absolute Gasteiger partial charge is 0.330 e. The molecule has 114 valence electrons. The number of rotatable bonds is 6. The topological polar surface area (TPSA) is 66.4 Å². The number of carboxylic acid groups (broad SMARTS) is 1. The van der Waals surface area contributed by atoms with E-state index < -0.39 is 11.5 Å². The van der Waals surface area contributed by atoms with Gasteiger partial charge in [-0.1, -0.05) is 60.7 Å². The fourth-order valence-electron chi connectivity index (χ4n) is 2.58. The van der Waals surface area contributed by atoms with Gasteiger partial charge in [-0.15, -0.1) is 0 Å². The molecule has 4 heteroatoms. The number of carbonyl (C=O) groups is 2. The van der Waals surface area contributed by atoms with E-state index in [-0.39, 0.29) is 18.7 Å². The molecule has 0 aliphatic carbocycles. The molecule has 0 bridgehead atoms. The lowest BCUT2D eigenvalue weighted by Crippen LogP contribution is -2.57. The molecule has 0 unspecified atom stereocenters. The Balaban J connectivity index is 2.37. The molecular formula is C18H19NO3. The van der Waals surface area contributed by atoms with Crippen molar-refractivity contribution < 1.29 is 14.7 Å². The zero-order valence-electron chi connectivity index (χ0n) is 12.5. The molecule has 22 heavy (non-hydrogen) atoms. The van der Waals surface area contributed by atoms with E-state index in [0.29, 0.717) is 0 Å². The molecule has 0 fully saturated rings. The molecule has 0 aliphatic rings. The first-order valence-corrected chi connectivity index (χ1v) is 7.12. The van der Waals surface area contributed by atoms with Crippen LogP contribution in [0, 0.1) is 0 Å². The zero-order chi connectivity index (χ0) is 16.0. The van der Waals surface area contributed by atoms with Gasteiger partial charge < -0.3 is 10.4 Å². The third-order valence-electron chi connectivity index (χ3n) is 3.52. The van der Waals surface area contributed by atoms with Crippen LogP contribution in [0.15, 0.2) is 60.7 Å². The molecule has 0 saturated heterocycles. The normalized spacial score (nSPS) is 11.0. The van der Waals surface area contributed by atoms with Gasteiger partial charge in [0.1, 0.15) is 5.54 Å². The van der Waals surface area contributed by atoms with Crippen molar-refractivity contribution >= 4 is 11.9 Å². The van der Waals surface area contributed by atoms with Crippen LogP contribution in [-0.4, -0.2) is 22.5 Å². The van der Waals surface area contributed by atoms with E-state index in [9.17, 15) is 14.7 Å². The highest BCUT2D eigenvalue weighted by Crippen LogP contribution is 2.20. The summed E-state index contributed by atoms with van der Waals surface area (Å²) in [5.74, 6) is -1.38. The summed E-state index contributed by atoms with van der Waals surface area (Å²) < 4.78 is 0. The van der Waals surface area contributed by atoms with Crippen LogP contribution in [0.5, 0.6) is 0 Å². The van der Waals surface area contributed by atoms with Crippen LogP contribution in [0.25, 0.3) is 0 Å². The van der Waals surface area contributed by atoms with E-state index in [1.807, 2.05) is 60.7 Å². The summed E-state index contributed by atoms with van der Waals surface area (Å²) in [4.78, 5) is 23.5. The van der Waals surface area contributed by atoms with Gasteiger partial charge in [-0.3, -0.25) is 4.79 Å². The highest BCUT2D eigenvalue weighted by atomic mass is 16.4. The average Bonchev–Trinajstić information content (AvgIpc) is 2.48. The van der Waals surface area contributed by atoms with Crippen LogP contribution in [0.3, 0.4) is 0 Å². The Morgan fingerprint density at radius 2 is 1.32 bits per heavy atom. The van der Waals surface area contributed by atoms with E-state index in [4.69, 9.17) is 0 Å². The van der Waals surface area contributed by atoms with Crippen molar-refractivity contribution in [3.63, 3.8) is 0 Å². The van der Waals surface area contributed by atoms with Gasteiger partial charge in [0.15, 0.2) is 0 Å². The predicted octanol–water partition coefficient (Wildman–Crippen LogP) is 2.43. The molecule has 1 amide bonds. The summed E-state index contributed by atoms with van der Waals surface area (Å²) in [5, 5.41) is 12.4. The van der Waals surface area contributed by atoms with Gasteiger partial charge in [0.2, 0.25) is 5.91 Å². The lowest BCUT2D eigenvalue weighted by molar-refractivity contribution is -0.147. The fraction of sp³-hybridized carbons (Fsp3) is 0.222. The molecule has 0 aromatic heterocycles. The largest absolute Gasteiger partial charge is 0.479 e. The van der Waals surface area contributed by atoms with Crippen molar-refractivity contribution in [2.75, 3.05) is 0 Å². The molecule has 0 radical (unpaired) electrons. The molecule has 2 rings (SSSR count). The number of nitrogens with one attached hydrogen (secondary N) is 1. The Kier molecular flexibility index (Phi) is 4.94. The molecular weight excluding hydrogens is 278 g/mol. The molecule has 2 aromatic carbocycles. The quantitative estimate of drug-likeness (QED) is 0.860. The predicted molar refractivity (Wildman–Crippen MR) is 84.5 cm³/mol. The Bertz CT molecular complexity index is 596. The molecule has 0 atom stereocenters. The van der Waals surface area contributed by atoms with Crippen molar-refractivity contribution in [2.45, 2.75) is 25.3 Å². The zero-order valence-corrected chi connectivity index (χ0v) is 12.5. The van der Waals surface area contributed by atoms with Gasteiger partial charge in [-0.2, -0.15) is 0 Å². The SMILES string of the molecule is CC(=O)NC(Cc1ccccc1)(Cc1ccccc1)C(=O)O. The molecule has 4 nitrogen and oxygen atoms in total. The maximum Gasteiger partial charge on any atom is 0.330 e. The number of carbonyl (C=O) groups excluding carboxylic acids is 1. The highest BCUT2D eigenvalue weighted by molar-refractivity contribution is 5.86. The fourth-order valence-corrected chi connectivity index (χ4v) is 2.58. The number of benzene rings is 2. The number of hydrogen-bond donors (Lipinski definition) is 2. The molecule has 0 spiro atoms. The van der Waals surface area contributed by atoms with Crippen molar-refractivity contribution in [1.29, 1.82) is 0 Å². The van der Waals surface area contributed by atoms with Crippen molar-refractivity contribution in [1.82, 2.24) is 5.32 Å². The second kappa shape index (κ2) is 6.89. The maximum atomic E-state index is 12.0. The van der Waals surface area contributed by atoms with Gasteiger partial charge in [-0.25, -0.2) is 4.79 Å². The van der Waals surface area contributed by atoms with E-state index in [2.05, 4.69) is 5.32 Å². The summed E-state index contributed by atoms with van der Waals surface area (Å²) in [6.45, 7) is 1.34. The van der Waals surface area contributed by atoms with E-state index in [0.717, 1.165) is 11.1 Å². The average molecular weight is 297 g/mol. The lowest BCUT2D eigenvalue weighted by atomic mass is 9.84. The Hall–Kier alpha value is -2.62. The van der Waals surface area contributed by atoms with Gasteiger partial charge >= 0.3 is 5.97 Å². The Labute approximate surface area is 129 Å². The summed E-state index contributed by atoms with van der Waals surface area (Å²) in [7, 11) is 0. The summed E-state index contributed by atoms with van der Waals surface area (Å²) >= 11 is 0. The number of amides is 1. The van der Waals surface area contributed by atoms with E-state index in [1.54, 1.807) is 0 Å². The van der Waals surface area contributed by atoms with E-state index in [1.165, 1.54) is 6.92 Å². The van der Waals surface area contributed by atoms with Crippen LogP contribution < -0.4 is 5.32 Å². The monoisotopic (exact) mass is 297 g/mol. The number of aliphatic carboxylic acids is 1. The minimum absolute atomic E-state index is 0.234. The minimum Gasteiger partial charge on any atom is -0.479 e. The van der Waals surface area contributed by atoms with Gasteiger partial charge in [0.25, 0.3) is 0 Å². The van der Waals surface area contributed by atoms with Gasteiger partial charge in [0, 0.05) is 19.8 Å². The molecule has 0 aliphatic heterocycles. The first-order valence-electron chi connectivity index (χ1n) is 7.12. The van der Waals surface area contributed by atoms with Gasteiger partial charge in [0.05, 0.1) is 0 Å². The minimum atomic E-state index is -1.35. The second-order valence-electron chi connectivity index (χ2n) is 5.39. The van der Waals surface area contributed by atoms with Crippen LogP contribution in [0.2, 0.25) is 0 Å². The Morgan fingerprint density at radius 1 is 0.909 bits per heavy atom. The standard InChI is InChI=1S/C18H19NO3/c1-14(20)19-18(17(21)22,12-15-8-4-2-5-9-15)13-16-10-6-3-7-11-16/h2-11H,12-13H2,1H3,(H,19,20)(H,21,22). The van der Waals surface area contributed by atoms with Gasteiger partial charge in [-0.05, 0) is 11.1 Å². The summed E-state index contributed by atoms with van der Waals surface area (Å²) in [6, 6.07) is 18.7. The number of hydrogen-bond acceptors (Lipinski definition) is 2.